The van der Waals surface area contributed by atoms with Gasteiger partial charge >= 0.3 is 5.97 Å². The maximum Gasteiger partial charge on any atom is 0.338 e. The van der Waals surface area contributed by atoms with Gasteiger partial charge in [-0.3, -0.25) is 19.5 Å². The van der Waals surface area contributed by atoms with E-state index in [0.717, 1.165) is 11.1 Å². The number of rotatable bonds is 9. The van der Waals surface area contributed by atoms with Crippen LogP contribution in [0, 0.1) is 10.1 Å². The largest absolute Gasteiger partial charge is 0.460 e. The van der Waals surface area contributed by atoms with E-state index in [9.17, 15) is 19.7 Å². The first-order valence-corrected chi connectivity index (χ1v) is 13.6. The Bertz CT molecular complexity index is 1650. The lowest BCUT2D eigenvalue weighted by atomic mass is 9.93. The number of hydrogen-bond donors (Lipinski definition) is 0. The highest BCUT2D eigenvalue weighted by molar-refractivity contribution is 7.07. The van der Waals surface area contributed by atoms with Gasteiger partial charge in [-0.25, -0.2) is 9.79 Å². The predicted octanol–water partition coefficient (Wildman–Crippen LogP) is 3.52. The summed E-state index contributed by atoms with van der Waals surface area (Å²) in [6.45, 7) is 6.22. The van der Waals surface area contributed by atoms with Crippen LogP contribution < -0.4 is 19.8 Å². The van der Waals surface area contributed by atoms with Crippen molar-refractivity contribution in [2.45, 2.75) is 32.7 Å². The number of allylic oxidation sites excluding steroid dienone is 1. The van der Waals surface area contributed by atoms with Crippen LogP contribution in [0.3, 0.4) is 0 Å². The van der Waals surface area contributed by atoms with Crippen molar-refractivity contribution in [3.8, 4) is 0 Å². The van der Waals surface area contributed by atoms with E-state index >= 15 is 0 Å². The highest BCUT2D eigenvalue weighted by Gasteiger charge is 2.33. The molecule has 0 bridgehead atoms. The Labute approximate surface area is 235 Å². The second-order valence-electron chi connectivity index (χ2n) is 9.93. The summed E-state index contributed by atoms with van der Waals surface area (Å²) in [6, 6.07) is 11.9. The Balaban J connectivity index is 1.88. The van der Waals surface area contributed by atoms with Gasteiger partial charge in [-0.2, -0.15) is 0 Å². The first kappa shape index (κ1) is 28.9. The Morgan fingerprint density at radius 1 is 1.20 bits per heavy atom. The SMILES string of the molecule is COCCOC(=O)C1=C(C)N=c2sc(=Cc3ccc(N(C)C)c([N+](=O)[O-])c3)c(=O)n2C1c1ccc(C(C)C)cc1. The number of hydrogen-bond acceptors (Lipinski definition) is 9. The molecule has 2 heterocycles. The normalized spacial score (nSPS) is 15.2. The number of anilines is 1. The smallest absolute Gasteiger partial charge is 0.338 e. The molecule has 0 N–H and O–H groups in total. The third-order valence-corrected chi connectivity index (χ3v) is 7.64. The van der Waals surface area contributed by atoms with Gasteiger partial charge in [-0.1, -0.05) is 55.5 Å². The van der Waals surface area contributed by atoms with E-state index in [4.69, 9.17) is 9.47 Å². The lowest BCUT2D eigenvalue weighted by Gasteiger charge is -2.25. The minimum atomic E-state index is -0.750. The van der Waals surface area contributed by atoms with Crippen LogP contribution >= 0.6 is 11.3 Å². The topological polar surface area (TPSA) is 116 Å². The molecule has 1 aromatic heterocycles. The molecule has 1 aliphatic heterocycles. The lowest BCUT2D eigenvalue weighted by molar-refractivity contribution is -0.384. The predicted molar refractivity (Wildman–Crippen MR) is 155 cm³/mol. The fraction of sp³-hybridized carbons (Fsp3) is 0.345. The van der Waals surface area contributed by atoms with E-state index in [0.29, 0.717) is 32.2 Å². The van der Waals surface area contributed by atoms with Gasteiger partial charge in [0.25, 0.3) is 11.2 Å². The monoisotopic (exact) mass is 564 g/mol. The number of benzene rings is 2. The molecule has 10 nitrogen and oxygen atoms in total. The molecule has 40 heavy (non-hydrogen) atoms. The number of carbonyl (C=O) groups excluding carboxylic acids is 1. The van der Waals surface area contributed by atoms with Gasteiger partial charge in [-0.05, 0) is 41.7 Å². The molecular formula is C29H32N4O6S. The molecule has 0 amide bonds. The Hall–Kier alpha value is -4.09. The zero-order valence-corrected chi connectivity index (χ0v) is 24.2. The zero-order chi connectivity index (χ0) is 29.1. The van der Waals surface area contributed by atoms with Gasteiger partial charge in [0.2, 0.25) is 0 Å². The highest BCUT2D eigenvalue weighted by atomic mass is 32.1. The molecule has 0 aliphatic carbocycles. The molecule has 3 aromatic rings. The molecule has 0 fully saturated rings. The molecule has 4 rings (SSSR count). The number of nitrogens with zero attached hydrogens (tertiary/aromatic N) is 4. The minimum Gasteiger partial charge on any atom is -0.460 e. The third-order valence-electron chi connectivity index (χ3n) is 6.66. The molecule has 2 aromatic carbocycles. The first-order valence-electron chi connectivity index (χ1n) is 12.8. The minimum absolute atomic E-state index is 0.0634. The summed E-state index contributed by atoms with van der Waals surface area (Å²) in [7, 11) is 4.98. The molecule has 1 atom stereocenters. The number of methoxy groups -OCH3 is 1. The highest BCUT2D eigenvalue weighted by Crippen LogP contribution is 2.32. The van der Waals surface area contributed by atoms with Crippen LogP contribution in [0.15, 0.2) is 63.5 Å². The van der Waals surface area contributed by atoms with Crippen LogP contribution in [0.1, 0.15) is 49.4 Å². The van der Waals surface area contributed by atoms with Crippen LogP contribution in [-0.4, -0.2) is 49.9 Å². The van der Waals surface area contributed by atoms with Gasteiger partial charge in [-0.15, -0.1) is 0 Å². The summed E-state index contributed by atoms with van der Waals surface area (Å²) in [4.78, 5) is 45.0. The summed E-state index contributed by atoms with van der Waals surface area (Å²) in [6.07, 6.45) is 1.62. The summed E-state index contributed by atoms with van der Waals surface area (Å²) in [5.41, 5.74) is 3.16. The number of carbonyl (C=O) groups is 1. The van der Waals surface area contributed by atoms with Crippen molar-refractivity contribution in [2.75, 3.05) is 39.3 Å². The van der Waals surface area contributed by atoms with Gasteiger partial charge in [0.1, 0.15) is 12.3 Å². The standard InChI is InChI=1S/C29H32N4O6S/c1-17(2)20-8-10-21(11-9-20)26-25(28(35)39-14-13-38-6)18(3)30-29-32(26)27(34)24(40-29)16-19-7-12-22(31(4)5)23(15-19)33(36)37/h7-12,15-17,26H,13-14H2,1-6H3. The number of esters is 1. The second kappa shape index (κ2) is 12.0. The van der Waals surface area contributed by atoms with Crippen molar-refractivity contribution >= 4 is 34.8 Å². The number of fused-ring (bicyclic) bond motifs is 1. The van der Waals surface area contributed by atoms with Crippen LogP contribution in [0.4, 0.5) is 11.4 Å². The van der Waals surface area contributed by atoms with Crippen LogP contribution in [0.2, 0.25) is 0 Å². The number of nitro benzene ring substituents is 1. The van der Waals surface area contributed by atoms with E-state index in [1.54, 1.807) is 44.1 Å². The van der Waals surface area contributed by atoms with E-state index in [2.05, 4.69) is 18.8 Å². The van der Waals surface area contributed by atoms with Crippen molar-refractivity contribution in [3.63, 3.8) is 0 Å². The zero-order valence-electron chi connectivity index (χ0n) is 23.3. The fourth-order valence-electron chi connectivity index (χ4n) is 4.56. The third kappa shape index (κ3) is 5.75. The van der Waals surface area contributed by atoms with E-state index < -0.39 is 16.9 Å². The van der Waals surface area contributed by atoms with Crippen LogP contribution in [-0.2, 0) is 14.3 Å². The van der Waals surface area contributed by atoms with E-state index in [1.165, 1.54) is 29.1 Å². The second-order valence-corrected chi connectivity index (χ2v) is 10.9. The Morgan fingerprint density at radius 2 is 1.90 bits per heavy atom. The van der Waals surface area contributed by atoms with Gasteiger partial charge in [0.05, 0.1) is 33.4 Å². The van der Waals surface area contributed by atoms with Crippen LogP contribution in [0.5, 0.6) is 0 Å². The lowest BCUT2D eigenvalue weighted by Crippen LogP contribution is -2.40. The molecule has 1 aliphatic rings. The van der Waals surface area contributed by atoms with E-state index in [-0.39, 0.29) is 30.0 Å². The maximum atomic E-state index is 13.9. The fourth-order valence-corrected chi connectivity index (χ4v) is 5.61. The molecular weight excluding hydrogens is 532 g/mol. The van der Waals surface area contributed by atoms with Crippen molar-refractivity contribution < 1.29 is 19.2 Å². The van der Waals surface area contributed by atoms with Crippen LogP contribution in [0.25, 0.3) is 6.08 Å². The summed E-state index contributed by atoms with van der Waals surface area (Å²) >= 11 is 1.17. The van der Waals surface area contributed by atoms with Gasteiger partial charge < -0.3 is 14.4 Å². The first-order chi connectivity index (χ1) is 19.0. The molecule has 1 unspecified atom stereocenters. The number of thiazole rings is 1. The van der Waals surface area contributed by atoms with Gasteiger partial charge in [0, 0.05) is 27.3 Å². The number of nitro groups is 1. The van der Waals surface area contributed by atoms with E-state index in [1.807, 2.05) is 24.3 Å². The van der Waals surface area contributed by atoms with Crippen molar-refractivity contribution in [1.29, 1.82) is 0 Å². The van der Waals surface area contributed by atoms with Crippen molar-refractivity contribution in [1.82, 2.24) is 4.57 Å². The summed E-state index contributed by atoms with van der Waals surface area (Å²) in [5.74, 6) is -0.254. The molecule has 0 spiro atoms. The number of aromatic nitrogens is 1. The average molecular weight is 565 g/mol. The molecule has 0 saturated heterocycles. The molecule has 11 heteroatoms. The molecule has 0 radical (unpaired) electrons. The van der Waals surface area contributed by atoms with Gasteiger partial charge in [0.15, 0.2) is 4.80 Å². The molecule has 210 valence electrons. The summed E-state index contributed by atoms with van der Waals surface area (Å²) in [5, 5.41) is 11.7. The Morgan fingerprint density at radius 3 is 2.50 bits per heavy atom. The Kier molecular flexibility index (Phi) is 8.65. The summed E-state index contributed by atoms with van der Waals surface area (Å²) < 4.78 is 12.3. The number of ether oxygens (including phenoxy) is 2. The quantitative estimate of drug-likeness (QED) is 0.169. The average Bonchev–Trinajstić information content (AvgIpc) is 3.21. The maximum absolute atomic E-state index is 13.9. The molecule has 0 saturated carbocycles. The van der Waals surface area contributed by atoms with Crippen molar-refractivity contribution in [2.24, 2.45) is 4.99 Å². The van der Waals surface area contributed by atoms with Crippen molar-refractivity contribution in [3.05, 3.63) is 100 Å².